The predicted molar refractivity (Wildman–Crippen MR) is 118 cm³/mol. The minimum atomic E-state index is -0.714. The number of ether oxygens (including phenoxy) is 1. The Bertz CT molecular complexity index is 1200. The molecule has 0 atom stereocenters. The number of para-hydroxylation sites is 1. The van der Waals surface area contributed by atoms with E-state index in [1.54, 1.807) is 43.5 Å². The van der Waals surface area contributed by atoms with Crippen molar-refractivity contribution in [1.29, 1.82) is 5.26 Å². The fraction of sp³-hybridized carbons (Fsp3) is 0.0909. The highest BCUT2D eigenvalue weighted by molar-refractivity contribution is 6.44. The highest BCUT2D eigenvalue weighted by Gasteiger charge is 2.20. The first-order chi connectivity index (χ1) is 14.9. The van der Waals surface area contributed by atoms with E-state index in [0.717, 1.165) is 0 Å². The number of halogens is 2. The molecule has 156 valence electrons. The van der Waals surface area contributed by atoms with Gasteiger partial charge in [-0.1, -0.05) is 47.5 Å². The standard InChI is InChI=1S/C22H16Cl2N4O3/c1-2-31-22(30)20-15(13-28(27-20)16-7-4-3-5-8-16)11-14(12-25)21(29)26-18-10-6-9-17(23)19(18)24/h3-11,13H,2H2,1H3,(H,26,29)/b14-11-. The van der Waals surface area contributed by atoms with Gasteiger partial charge in [-0.3, -0.25) is 4.79 Å². The van der Waals surface area contributed by atoms with E-state index >= 15 is 0 Å². The number of carbonyl (C=O) groups is 2. The average Bonchev–Trinajstić information content (AvgIpc) is 3.20. The number of hydrogen-bond acceptors (Lipinski definition) is 5. The Morgan fingerprint density at radius 2 is 1.94 bits per heavy atom. The minimum Gasteiger partial charge on any atom is -0.461 e. The zero-order valence-electron chi connectivity index (χ0n) is 16.3. The first-order valence-electron chi connectivity index (χ1n) is 9.14. The third-order valence-corrected chi connectivity index (χ3v) is 4.92. The smallest absolute Gasteiger partial charge is 0.359 e. The number of amides is 1. The molecule has 7 nitrogen and oxygen atoms in total. The van der Waals surface area contributed by atoms with Crippen LogP contribution in [0.1, 0.15) is 23.0 Å². The largest absolute Gasteiger partial charge is 0.461 e. The molecule has 0 fully saturated rings. The number of esters is 1. The molecule has 3 rings (SSSR count). The Hall–Kier alpha value is -3.60. The van der Waals surface area contributed by atoms with Crippen LogP contribution in [-0.4, -0.2) is 28.3 Å². The van der Waals surface area contributed by atoms with Crippen molar-refractivity contribution < 1.29 is 14.3 Å². The maximum Gasteiger partial charge on any atom is 0.359 e. The Kier molecular flexibility index (Phi) is 7.08. The first-order valence-corrected chi connectivity index (χ1v) is 9.89. The Morgan fingerprint density at radius 3 is 2.61 bits per heavy atom. The Morgan fingerprint density at radius 1 is 1.19 bits per heavy atom. The third kappa shape index (κ3) is 5.12. The van der Waals surface area contributed by atoms with Crippen LogP contribution in [0.3, 0.4) is 0 Å². The van der Waals surface area contributed by atoms with Gasteiger partial charge in [-0.15, -0.1) is 0 Å². The van der Waals surface area contributed by atoms with E-state index in [0.29, 0.717) is 5.69 Å². The molecule has 9 heteroatoms. The second-order valence-corrected chi connectivity index (χ2v) is 6.94. The molecule has 0 bridgehead atoms. The van der Waals surface area contributed by atoms with Crippen molar-refractivity contribution in [3.63, 3.8) is 0 Å². The number of aromatic nitrogens is 2. The topological polar surface area (TPSA) is 97.0 Å². The summed E-state index contributed by atoms with van der Waals surface area (Å²) in [6, 6.07) is 15.7. The lowest BCUT2D eigenvalue weighted by Gasteiger charge is -2.07. The molecule has 0 spiro atoms. The summed E-state index contributed by atoms with van der Waals surface area (Å²) < 4.78 is 6.53. The SMILES string of the molecule is CCOC(=O)c1nn(-c2ccccc2)cc1/C=C(/C#N)C(=O)Nc1cccc(Cl)c1Cl. The zero-order chi connectivity index (χ0) is 22.4. The van der Waals surface area contributed by atoms with Gasteiger partial charge in [0.25, 0.3) is 5.91 Å². The summed E-state index contributed by atoms with van der Waals surface area (Å²) in [5.74, 6) is -1.38. The number of benzene rings is 2. The van der Waals surface area contributed by atoms with E-state index in [1.165, 1.54) is 10.8 Å². The van der Waals surface area contributed by atoms with Crippen molar-refractivity contribution in [2.45, 2.75) is 6.92 Å². The minimum absolute atomic E-state index is 0.0213. The first kappa shape index (κ1) is 22.1. The predicted octanol–water partition coefficient (Wildman–Crippen LogP) is 4.90. The summed E-state index contributed by atoms with van der Waals surface area (Å²) in [5, 5.41) is 16.8. The van der Waals surface area contributed by atoms with Crippen molar-refractivity contribution in [2.24, 2.45) is 0 Å². The van der Waals surface area contributed by atoms with Crippen LogP contribution in [0.4, 0.5) is 5.69 Å². The second kappa shape index (κ2) is 9.94. The van der Waals surface area contributed by atoms with Crippen LogP contribution in [0, 0.1) is 11.3 Å². The number of nitrogens with zero attached hydrogens (tertiary/aromatic N) is 3. The van der Waals surface area contributed by atoms with E-state index < -0.39 is 11.9 Å². The number of nitrogens with one attached hydrogen (secondary N) is 1. The van der Waals surface area contributed by atoms with E-state index in [9.17, 15) is 14.9 Å². The molecule has 0 aliphatic rings. The van der Waals surface area contributed by atoms with Crippen LogP contribution in [0.5, 0.6) is 0 Å². The maximum atomic E-state index is 12.6. The molecule has 1 heterocycles. The molecule has 0 saturated carbocycles. The molecule has 0 saturated heterocycles. The Balaban J connectivity index is 1.99. The zero-order valence-corrected chi connectivity index (χ0v) is 17.8. The molecular formula is C22H16Cl2N4O3. The molecule has 0 unspecified atom stereocenters. The monoisotopic (exact) mass is 454 g/mol. The molecule has 0 radical (unpaired) electrons. The summed E-state index contributed by atoms with van der Waals surface area (Å²) in [7, 11) is 0. The van der Waals surface area contributed by atoms with Crippen molar-refractivity contribution >= 4 is 46.8 Å². The van der Waals surface area contributed by atoms with E-state index in [1.807, 2.05) is 24.3 Å². The van der Waals surface area contributed by atoms with Gasteiger partial charge in [0.1, 0.15) is 11.6 Å². The van der Waals surface area contributed by atoms with Gasteiger partial charge in [0.15, 0.2) is 5.69 Å². The average molecular weight is 455 g/mol. The lowest BCUT2D eigenvalue weighted by Crippen LogP contribution is -2.14. The van der Waals surface area contributed by atoms with Crippen LogP contribution in [0.25, 0.3) is 11.8 Å². The van der Waals surface area contributed by atoms with Gasteiger partial charge >= 0.3 is 5.97 Å². The van der Waals surface area contributed by atoms with Gasteiger partial charge in [0.05, 0.1) is 28.0 Å². The number of rotatable bonds is 6. The van der Waals surface area contributed by atoms with Crippen molar-refractivity contribution in [1.82, 2.24) is 9.78 Å². The van der Waals surface area contributed by atoms with Crippen molar-refractivity contribution in [3.8, 4) is 11.8 Å². The van der Waals surface area contributed by atoms with E-state index in [2.05, 4.69) is 10.4 Å². The van der Waals surface area contributed by atoms with Gasteiger partial charge in [-0.25, -0.2) is 9.48 Å². The van der Waals surface area contributed by atoms with Crippen molar-refractivity contribution in [2.75, 3.05) is 11.9 Å². The number of anilines is 1. The number of hydrogen-bond donors (Lipinski definition) is 1. The maximum absolute atomic E-state index is 12.6. The summed E-state index contributed by atoms with van der Waals surface area (Å²) in [4.78, 5) is 25.0. The molecule has 31 heavy (non-hydrogen) atoms. The van der Waals surface area contributed by atoms with Crippen LogP contribution in [-0.2, 0) is 9.53 Å². The fourth-order valence-corrected chi connectivity index (χ4v) is 3.01. The van der Waals surface area contributed by atoms with Gasteiger partial charge in [0.2, 0.25) is 0 Å². The fourth-order valence-electron chi connectivity index (χ4n) is 2.66. The molecule has 0 aliphatic heterocycles. The molecule has 1 N–H and O–H groups in total. The molecule has 1 aromatic heterocycles. The number of nitriles is 1. The molecule has 0 aliphatic carbocycles. The lowest BCUT2D eigenvalue weighted by molar-refractivity contribution is -0.112. The van der Waals surface area contributed by atoms with Gasteiger partial charge in [-0.2, -0.15) is 10.4 Å². The molecular weight excluding hydrogens is 439 g/mol. The summed E-state index contributed by atoms with van der Waals surface area (Å²) in [6.45, 7) is 1.82. The van der Waals surface area contributed by atoms with Crippen LogP contribution < -0.4 is 5.32 Å². The summed E-state index contributed by atoms with van der Waals surface area (Å²) >= 11 is 12.1. The molecule has 1 amide bonds. The second-order valence-electron chi connectivity index (χ2n) is 6.16. The highest BCUT2D eigenvalue weighted by atomic mass is 35.5. The summed E-state index contributed by atoms with van der Waals surface area (Å²) in [5.41, 5.74) is 0.930. The summed E-state index contributed by atoms with van der Waals surface area (Å²) in [6.07, 6.45) is 2.81. The van der Waals surface area contributed by atoms with Crippen LogP contribution in [0.2, 0.25) is 10.0 Å². The third-order valence-electron chi connectivity index (χ3n) is 4.10. The normalized spacial score (nSPS) is 11.0. The quantitative estimate of drug-likeness (QED) is 0.324. The van der Waals surface area contributed by atoms with Crippen molar-refractivity contribution in [3.05, 3.63) is 81.6 Å². The van der Waals surface area contributed by atoms with Gasteiger partial charge in [0, 0.05) is 11.8 Å². The highest BCUT2D eigenvalue weighted by Crippen LogP contribution is 2.30. The van der Waals surface area contributed by atoms with Gasteiger partial charge in [-0.05, 0) is 37.3 Å². The lowest BCUT2D eigenvalue weighted by atomic mass is 10.1. The van der Waals surface area contributed by atoms with Crippen LogP contribution >= 0.6 is 23.2 Å². The molecule has 2 aromatic carbocycles. The van der Waals surface area contributed by atoms with Gasteiger partial charge < -0.3 is 10.1 Å². The molecule has 3 aromatic rings. The van der Waals surface area contributed by atoms with E-state index in [4.69, 9.17) is 27.9 Å². The van der Waals surface area contributed by atoms with Crippen LogP contribution in [0.15, 0.2) is 60.3 Å². The Labute approximate surface area is 188 Å². The van der Waals surface area contributed by atoms with E-state index in [-0.39, 0.29) is 39.2 Å². The number of carbonyl (C=O) groups excluding carboxylic acids is 2.